The zero-order valence-corrected chi connectivity index (χ0v) is 15.0. The summed E-state index contributed by atoms with van der Waals surface area (Å²) in [6.07, 6.45) is 6.45. The van der Waals surface area contributed by atoms with E-state index in [1.54, 1.807) is 11.9 Å². The predicted octanol–water partition coefficient (Wildman–Crippen LogP) is 3.56. The molecule has 3 rings (SSSR count). The van der Waals surface area contributed by atoms with Gasteiger partial charge in [-0.25, -0.2) is 4.79 Å². The molecule has 2 amide bonds. The van der Waals surface area contributed by atoms with Crippen LogP contribution in [0.15, 0.2) is 28.8 Å². The fourth-order valence-electron chi connectivity index (χ4n) is 3.07. The van der Waals surface area contributed by atoms with Crippen LogP contribution in [-0.2, 0) is 6.42 Å². The van der Waals surface area contributed by atoms with E-state index in [1.165, 1.54) is 24.8 Å². The molecule has 0 spiro atoms. The predicted molar refractivity (Wildman–Crippen MR) is 96.2 cm³/mol. The standard InChI is InChI=1S/C19H26N4O2/c1-14-8-10-15(11-9-14)18-21-17(22-25-18)12-13-23(2)19(24)20-16-6-4-3-5-7-16/h8-11,16H,3-7,12-13H2,1-2H3,(H,20,24). The number of urea groups is 1. The van der Waals surface area contributed by atoms with Crippen molar-refractivity contribution < 1.29 is 9.32 Å². The number of benzene rings is 1. The highest BCUT2D eigenvalue weighted by molar-refractivity contribution is 5.74. The van der Waals surface area contributed by atoms with E-state index >= 15 is 0 Å². The van der Waals surface area contributed by atoms with E-state index in [9.17, 15) is 4.79 Å². The van der Waals surface area contributed by atoms with Crippen LogP contribution < -0.4 is 5.32 Å². The fourth-order valence-corrected chi connectivity index (χ4v) is 3.07. The van der Waals surface area contributed by atoms with Gasteiger partial charge in [0.2, 0.25) is 0 Å². The van der Waals surface area contributed by atoms with Gasteiger partial charge in [0.25, 0.3) is 5.89 Å². The number of nitrogens with zero attached hydrogens (tertiary/aromatic N) is 3. The van der Waals surface area contributed by atoms with E-state index in [1.807, 2.05) is 31.2 Å². The average Bonchev–Trinajstić information content (AvgIpc) is 3.10. The number of hydrogen-bond donors (Lipinski definition) is 1. The van der Waals surface area contributed by atoms with E-state index in [4.69, 9.17) is 4.52 Å². The van der Waals surface area contributed by atoms with Gasteiger partial charge in [0, 0.05) is 31.6 Å². The molecular weight excluding hydrogens is 316 g/mol. The number of likely N-dealkylation sites (N-methyl/N-ethyl adjacent to an activating group) is 1. The third-order valence-electron chi connectivity index (χ3n) is 4.72. The van der Waals surface area contributed by atoms with Gasteiger partial charge in [0.15, 0.2) is 5.82 Å². The number of aromatic nitrogens is 2. The lowest BCUT2D eigenvalue weighted by atomic mass is 9.96. The molecule has 25 heavy (non-hydrogen) atoms. The molecule has 0 radical (unpaired) electrons. The molecule has 6 nitrogen and oxygen atoms in total. The first-order chi connectivity index (χ1) is 12.1. The monoisotopic (exact) mass is 342 g/mol. The van der Waals surface area contributed by atoms with Crippen LogP contribution in [0.1, 0.15) is 43.5 Å². The molecule has 6 heteroatoms. The molecule has 0 unspecified atom stereocenters. The Labute approximate surface area is 148 Å². The molecule has 134 valence electrons. The second-order valence-corrected chi connectivity index (χ2v) is 6.84. The maximum absolute atomic E-state index is 12.2. The molecule has 2 aromatic rings. The quantitative estimate of drug-likeness (QED) is 0.902. The summed E-state index contributed by atoms with van der Waals surface area (Å²) in [4.78, 5) is 18.4. The summed E-state index contributed by atoms with van der Waals surface area (Å²) in [6, 6.07) is 8.27. The van der Waals surface area contributed by atoms with Gasteiger partial charge in [-0.2, -0.15) is 4.98 Å². The lowest BCUT2D eigenvalue weighted by molar-refractivity contribution is 0.200. The zero-order valence-electron chi connectivity index (χ0n) is 15.0. The Bertz CT molecular complexity index is 690. The number of rotatable bonds is 5. The van der Waals surface area contributed by atoms with E-state index in [0.717, 1.165) is 18.4 Å². The van der Waals surface area contributed by atoms with Crippen LogP contribution in [0.4, 0.5) is 4.79 Å². The van der Waals surface area contributed by atoms with Crippen LogP contribution in [0, 0.1) is 6.92 Å². The van der Waals surface area contributed by atoms with Crippen molar-refractivity contribution in [2.24, 2.45) is 0 Å². The van der Waals surface area contributed by atoms with Crippen molar-refractivity contribution in [3.63, 3.8) is 0 Å². The van der Waals surface area contributed by atoms with Crippen molar-refractivity contribution in [3.8, 4) is 11.5 Å². The summed E-state index contributed by atoms with van der Waals surface area (Å²) in [5.74, 6) is 1.14. The molecule has 0 aliphatic heterocycles. The molecular formula is C19H26N4O2. The van der Waals surface area contributed by atoms with Gasteiger partial charge in [-0.1, -0.05) is 42.1 Å². The number of hydrogen-bond acceptors (Lipinski definition) is 4. The van der Waals surface area contributed by atoms with Gasteiger partial charge in [-0.15, -0.1) is 0 Å². The van der Waals surface area contributed by atoms with Gasteiger partial charge in [0.05, 0.1) is 0 Å². The Morgan fingerprint density at radius 1 is 1.24 bits per heavy atom. The van der Waals surface area contributed by atoms with E-state index in [0.29, 0.717) is 30.7 Å². The molecule has 1 aliphatic rings. The average molecular weight is 342 g/mol. The zero-order chi connectivity index (χ0) is 17.6. The molecule has 0 bridgehead atoms. The lowest BCUT2D eigenvalue weighted by Crippen LogP contribution is -2.44. The minimum atomic E-state index is -0.0193. The Hall–Kier alpha value is -2.37. The fraction of sp³-hybridized carbons (Fsp3) is 0.526. The van der Waals surface area contributed by atoms with Gasteiger partial charge in [0.1, 0.15) is 0 Å². The van der Waals surface area contributed by atoms with Crippen LogP contribution in [0.2, 0.25) is 0 Å². The van der Waals surface area contributed by atoms with Crippen molar-refractivity contribution in [1.29, 1.82) is 0 Å². The van der Waals surface area contributed by atoms with Crippen molar-refractivity contribution in [1.82, 2.24) is 20.4 Å². The van der Waals surface area contributed by atoms with Crippen molar-refractivity contribution in [2.75, 3.05) is 13.6 Å². The first kappa shape index (κ1) is 17.5. The van der Waals surface area contributed by atoms with Crippen LogP contribution >= 0.6 is 0 Å². The molecule has 0 saturated heterocycles. The second-order valence-electron chi connectivity index (χ2n) is 6.84. The van der Waals surface area contributed by atoms with Crippen LogP contribution in [0.5, 0.6) is 0 Å². The van der Waals surface area contributed by atoms with Crippen LogP contribution in [-0.4, -0.2) is 40.7 Å². The minimum absolute atomic E-state index is 0.0193. The third-order valence-corrected chi connectivity index (χ3v) is 4.72. The highest BCUT2D eigenvalue weighted by atomic mass is 16.5. The molecule has 1 N–H and O–H groups in total. The van der Waals surface area contributed by atoms with Crippen molar-refractivity contribution >= 4 is 6.03 Å². The van der Waals surface area contributed by atoms with E-state index < -0.39 is 0 Å². The highest BCUT2D eigenvalue weighted by Crippen LogP contribution is 2.18. The highest BCUT2D eigenvalue weighted by Gasteiger charge is 2.18. The minimum Gasteiger partial charge on any atom is -0.335 e. The first-order valence-electron chi connectivity index (χ1n) is 9.03. The normalized spacial score (nSPS) is 15.1. The van der Waals surface area contributed by atoms with Gasteiger partial charge in [-0.05, 0) is 31.9 Å². The number of carbonyl (C=O) groups excluding carboxylic acids is 1. The Kier molecular flexibility index (Phi) is 5.68. The second kappa shape index (κ2) is 8.14. The Morgan fingerprint density at radius 2 is 1.96 bits per heavy atom. The summed E-state index contributed by atoms with van der Waals surface area (Å²) in [6.45, 7) is 2.60. The van der Waals surface area contributed by atoms with Gasteiger partial charge >= 0.3 is 6.03 Å². The lowest BCUT2D eigenvalue weighted by Gasteiger charge is -2.26. The molecule has 1 aromatic carbocycles. The van der Waals surface area contributed by atoms with Crippen molar-refractivity contribution in [3.05, 3.63) is 35.7 Å². The smallest absolute Gasteiger partial charge is 0.317 e. The third kappa shape index (κ3) is 4.81. The largest absolute Gasteiger partial charge is 0.335 e. The number of amides is 2. The number of carbonyl (C=O) groups is 1. The Morgan fingerprint density at radius 3 is 2.68 bits per heavy atom. The number of aryl methyl sites for hydroxylation is 1. The molecule has 1 saturated carbocycles. The molecule has 1 aromatic heterocycles. The summed E-state index contributed by atoms with van der Waals surface area (Å²) in [5.41, 5.74) is 2.10. The topological polar surface area (TPSA) is 71.3 Å². The van der Waals surface area contributed by atoms with Gasteiger partial charge in [-0.3, -0.25) is 0 Å². The number of nitrogens with one attached hydrogen (secondary N) is 1. The summed E-state index contributed by atoms with van der Waals surface area (Å²) < 4.78 is 5.32. The Balaban J connectivity index is 1.49. The summed E-state index contributed by atoms with van der Waals surface area (Å²) in [7, 11) is 1.80. The van der Waals surface area contributed by atoms with Crippen molar-refractivity contribution in [2.45, 2.75) is 51.5 Å². The van der Waals surface area contributed by atoms with E-state index in [2.05, 4.69) is 15.5 Å². The molecule has 0 atom stereocenters. The molecule has 1 fully saturated rings. The van der Waals surface area contributed by atoms with E-state index in [-0.39, 0.29) is 6.03 Å². The molecule has 1 heterocycles. The van der Waals surface area contributed by atoms with Gasteiger partial charge < -0.3 is 14.7 Å². The SMILES string of the molecule is Cc1ccc(-c2nc(CCN(C)C(=O)NC3CCCCC3)no2)cc1. The van der Waals surface area contributed by atoms with Crippen LogP contribution in [0.3, 0.4) is 0 Å². The molecule has 1 aliphatic carbocycles. The maximum Gasteiger partial charge on any atom is 0.317 e. The first-order valence-corrected chi connectivity index (χ1v) is 9.03. The summed E-state index contributed by atoms with van der Waals surface area (Å²) >= 11 is 0. The summed E-state index contributed by atoms with van der Waals surface area (Å²) in [5, 5.41) is 7.13. The van der Waals surface area contributed by atoms with Crippen LogP contribution in [0.25, 0.3) is 11.5 Å². The maximum atomic E-state index is 12.2.